The number of anilines is 1. The van der Waals surface area contributed by atoms with Crippen molar-refractivity contribution in [2.24, 2.45) is 0 Å². The first-order chi connectivity index (χ1) is 14.4. The number of nitrogens with zero attached hydrogens (tertiary/aromatic N) is 1. The number of nitro groups is 1. The monoisotopic (exact) mass is 424 g/mol. The van der Waals surface area contributed by atoms with Crippen LogP contribution in [0.25, 0.3) is 5.57 Å². The number of nitrogens with two attached hydrogens (primary N) is 1. The summed E-state index contributed by atoms with van der Waals surface area (Å²) in [6, 6.07) is 13.0. The molecule has 2 rings (SSSR count). The number of rotatable bonds is 7. The van der Waals surface area contributed by atoms with Gasteiger partial charge in [-0.1, -0.05) is 43.8 Å². The summed E-state index contributed by atoms with van der Waals surface area (Å²) in [5, 5.41) is 10.7. The summed E-state index contributed by atoms with van der Waals surface area (Å²) in [6.07, 6.45) is 2.87. The summed E-state index contributed by atoms with van der Waals surface area (Å²) in [7, 11) is 1.69. The first-order valence-electron chi connectivity index (χ1n) is 10.0. The Bertz CT molecular complexity index is 971. The molecule has 0 heterocycles. The summed E-state index contributed by atoms with van der Waals surface area (Å²) in [6.45, 7) is 12.9. The molecule has 31 heavy (non-hydrogen) atoms. The second kappa shape index (κ2) is 11.1. The molecule has 0 radical (unpaired) electrons. The molecule has 0 amide bonds. The van der Waals surface area contributed by atoms with E-state index in [9.17, 15) is 14.9 Å². The first-order valence-corrected chi connectivity index (χ1v) is 10.0. The summed E-state index contributed by atoms with van der Waals surface area (Å²) in [5.41, 5.74) is 8.47. The van der Waals surface area contributed by atoms with Crippen LogP contribution in [0, 0.1) is 17.0 Å². The molecular formula is C25H32N2O4. The molecule has 0 aliphatic carbocycles. The van der Waals surface area contributed by atoms with Crippen molar-refractivity contribution in [2.45, 2.75) is 46.5 Å². The van der Waals surface area contributed by atoms with E-state index in [1.54, 1.807) is 27.9 Å². The molecule has 0 aliphatic rings. The van der Waals surface area contributed by atoms with Crippen LogP contribution in [0.5, 0.6) is 0 Å². The number of hydrogen-bond donors (Lipinski definition) is 1. The van der Waals surface area contributed by atoms with Crippen molar-refractivity contribution in [3.63, 3.8) is 0 Å². The van der Waals surface area contributed by atoms with Gasteiger partial charge in [0.2, 0.25) is 0 Å². The van der Waals surface area contributed by atoms with Gasteiger partial charge in [0.1, 0.15) is 11.5 Å². The lowest BCUT2D eigenvalue weighted by molar-refractivity contribution is -0.384. The number of methoxy groups -OCH3 is 1. The zero-order chi connectivity index (χ0) is 23.8. The Kier molecular flexibility index (Phi) is 9.18. The standard InChI is InChI=1S/C13H16O.C12H16N2O3/c1-4-13(14-3)10-11(2)12-8-6-5-7-9-12;1-7-5-11(14(16)17)10(13)6-9(7)12(3,4)8(2)15/h5-10H,2,4H2,1,3H3;5-6H,13H2,1-4H3/b13-10-;. The molecular weight excluding hydrogens is 392 g/mol. The third kappa shape index (κ3) is 6.81. The molecule has 0 bridgehead atoms. The van der Waals surface area contributed by atoms with Gasteiger partial charge in [-0.15, -0.1) is 0 Å². The molecule has 166 valence electrons. The second-order valence-corrected chi connectivity index (χ2v) is 7.72. The predicted octanol–water partition coefficient (Wildman–Crippen LogP) is 5.99. The first kappa shape index (κ1) is 25.6. The van der Waals surface area contributed by atoms with Gasteiger partial charge in [-0.05, 0) is 62.1 Å². The lowest BCUT2D eigenvalue weighted by atomic mass is 9.78. The lowest BCUT2D eigenvalue weighted by Gasteiger charge is -2.24. The zero-order valence-corrected chi connectivity index (χ0v) is 19.2. The molecule has 2 aromatic carbocycles. The van der Waals surface area contributed by atoms with E-state index >= 15 is 0 Å². The van der Waals surface area contributed by atoms with Crippen molar-refractivity contribution in [1.29, 1.82) is 0 Å². The van der Waals surface area contributed by atoms with Gasteiger partial charge in [0.15, 0.2) is 0 Å². The van der Waals surface area contributed by atoms with E-state index in [2.05, 4.69) is 13.5 Å². The van der Waals surface area contributed by atoms with Gasteiger partial charge in [-0.2, -0.15) is 0 Å². The fourth-order valence-corrected chi connectivity index (χ4v) is 2.97. The predicted molar refractivity (Wildman–Crippen MR) is 127 cm³/mol. The van der Waals surface area contributed by atoms with E-state index in [-0.39, 0.29) is 17.2 Å². The summed E-state index contributed by atoms with van der Waals surface area (Å²) in [4.78, 5) is 21.8. The fourth-order valence-electron chi connectivity index (χ4n) is 2.97. The van der Waals surface area contributed by atoms with Gasteiger partial charge in [0.05, 0.1) is 17.8 Å². The maximum Gasteiger partial charge on any atom is 0.292 e. The van der Waals surface area contributed by atoms with Crippen LogP contribution in [-0.4, -0.2) is 17.8 Å². The number of nitrogen functional groups attached to an aromatic ring is 1. The number of Topliss-reactive ketones (excluding diaryl/α,β-unsaturated/α-hetero) is 1. The van der Waals surface area contributed by atoms with Crippen LogP contribution in [0.2, 0.25) is 0 Å². The van der Waals surface area contributed by atoms with Crippen LogP contribution in [0.4, 0.5) is 11.4 Å². The number of allylic oxidation sites excluding steroid dienone is 3. The average Bonchev–Trinajstić information content (AvgIpc) is 2.73. The van der Waals surface area contributed by atoms with E-state index < -0.39 is 10.3 Å². The molecule has 6 heteroatoms. The Balaban J connectivity index is 0.000000316. The number of carbonyl (C=O) groups excluding carboxylic acids is 1. The highest BCUT2D eigenvalue weighted by Gasteiger charge is 2.29. The van der Waals surface area contributed by atoms with Crippen LogP contribution >= 0.6 is 0 Å². The van der Waals surface area contributed by atoms with Crippen LogP contribution in [0.1, 0.15) is 50.8 Å². The van der Waals surface area contributed by atoms with Crippen LogP contribution < -0.4 is 5.73 Å². The number of benzene rings is 2. The van der Waals surface area contributed by atoms with Crippen molar-refractivity contribution in [3.05, 3.63) is 87.7 Å². The van der Waals surface area contributed by atoms with Crippen molar-refractivity contribution in [2.75, 3.05) is 12.8 Å². The normalized spacial score (nSPS) is 11.2. The van der Waals surface area contributed by atoms with Crippen LogP contribution in [-0.2, 0) is 14.9 Å². The number of carbonyl (C=O) groups is 1. The van der Waals surface area contributed by atoms with Gasteiger partial charge >= 0.3 is 0 Å². The molecule has 0 aliphatic heterocycles. The molecule has 0 saturated heterocycles. The molecule has 2 aromatic rings. The van der Waals surface area contributed by atoms with Crippen molar-refractivity contribution in [1.82, 2.24) is 0 Å². The zero-order valence-electron chi connectivity index (χ0n) is 19.2. The minimum absolute atomic E-state index is 0.00569. The Morgan fingerprint density at radius 3 is 2.29 bits per heavy atom. The maximum atomic E-state index is 11.6. The molecule has 0 spiro atoms. The highest BCUT2D eigenvalue weighted by atomic mass is 16.6. The second-order valence-electron chi connectivity index (χ2n) is 7.72. The number of hydrogen-bond acceptors (Lipinski definition) is 5. The molecule has 6 nitrogen and oxygen atoms in total. The summed E-state index contributed by atoms with van der Waals surface area (Å²) in [5.74, 6) is 0.952. The summed E-state index contributed by atoms with van der Waals surface area (Å²) >= 11 is 0. The van der Waals surface area contributed by atoms with E-state index in [0.29, 0.717) is 5.56 Å². The number of ether oxygens (including phenoxy) is 1. The van der Waals surface area contributed by atoms with Crippen molar-refractivity contribution >= 4 is 22.7 Å². The molecule has 2 N–H and O–H groups in total. The smallest absolute Gasteiger partial charge is 0.292 e. The Hall–Kier alpha value is -3.41. The Morgan fingerprint density at radius 2 is 1.84 bits per heavy atom. The van der Waals surface area contributed by atoms with Gasteiger partial charge in [0, 0.05) is 17.9 Å². The molecule has 0 aromatic heterocycles. The van der Waals surface area contributed by atoms with Gasteiger partial charge < -0.3 is 10.5 Å². The third-order valence-electron chi connectivity index (χ3n) is 5.21. The van der Waals surface area contributed by atoms with Gasteiger partial charge in [-0.25, -0.2) is 0 Å². The summed E-state index contributed by atoms with van der Waals surface area (Å²) < 4.78 is 5.19. The van der Waals surface area contributed by atoms with Crippen molar-refractivity contribution in [3.8, 4) is 0 Å². The number of ketones is 1. The Morgan fingerprint density at radius 1 is 1.26 bits per heavy atom. The fraction of sp³-hybridized carbons (Fsp3) is 0.320. The van der Waals surface area contributed by atoms with Crippen molar-refractivity contribution < 1.29 is 14.5 Å². The Labute approximate surface area is 184 Å². The highest BCUT2D eigenvalue weighted by molar-refractivity contribution is 5.88. The average molecular weight is 425 g/mol. The highest BCUT2D eigenvalue weighted by Crippen LogP contribution is 2.33. The topological polar surface area (TPSA) is 95.5 Å². The van der Waals surface area contributed by atoms with E-state index in [1.807, 2.05) is 36.4 Å². The molecule has 0 saturated carbocycles. The van der Waals surface area contributed by atoms with Crippen LogP contribution in [0.3, 0.4) is 0 Å². The van der Waals surface area contributed by atoms with Gasteiger partial charge in [0.25, 0.3) is 5.69 Å². The minimum atomic E-state index is -0.687. The maximum absolute atomic E-state index is 11.6. The SMILES string of the molecule is C=C(/C=C(/CC)OC)c1ccccc1.CC(=O)C(C)(C)c1cc(N)c([N+](=O)[O-])cc1C. The van der Waals surface area contributed by atoms with E-state index in [4.69, 9.17) is 10.5 Å². The largest absolute Gasteiger partial charge is 0.501 e. The number of nitro benzene ring substituents is 1. The molecule has 0 atom stereocenters. The van der Waals surface area contributed by atoms with Crippen LogP contribution in [0.15, 0.2) is 60.9 Å². The quantitative estimate of drug-likeness (QED) is 0.194. The molecule has 0 fully saturated rings. The minimum Gasteiger partial charge on any atom is -0.501 e. The lowest BCUT2D eigenvalue weighted by Crippen LogP contribution is -2.27. The number of aryl methyl sites for hydroxylation is 1. The molecule has 0 unspecified atom stereocenters. The van der Waals surface area contributed by atoms with E-state index in [1.165, 1.54) is 19.1 Å². The third-order valence-corrected chi connectivity index (χ3v) is 5.21. The van der Waals surface area contributed by atoms with Gasteiger partial charge in [-0.3, -0.25) is 14.9 Å². The van der Waals surface area contributed by atoms with E-state index in [0.717, 1.165) is 28.9 Å².